The number of aromatic nitrogens is 1. The first-order chi connectivity index (χ1) is 7.79. The molecule has 1 aliphatic rings. The van der Waals surface area contributed by atoms with Gasteiger partial charge in [0, 0.05) is 23.5 Å². The Morgan fingerprint density at radius 1 is 1.44 bits per heavy atom. The second-order valence-corrected chi connectivity index (χ2v) is 4.88. The first kappa shape index (κ1) is 10.2. The van der Waals surface area contributed by atoms with Crippen LogP contribution in [-0.2, 0) is 12.8 Å². The number of benzene rings is 1. The molecule has 1 atom stereocenters. The van der Waals surface area contributed by atoms with Crippen molar-refractivity contribution in [3.05, 3.63) is 34.5 Å². The molecule has 0 radical (unpaired) electrons. The molecule has 84 valence electrons. The quantitative estimate of drug-likeness (QED) is 0.780. The van der Waals surface area contributed by atoms with Crippen LogP contribution in [0.25, 0.3) is 10.9 Å². The molecule has 2 nitrogen and oxygen atoms in total. The lowest BCUT2D eigenvalue weighted by atomic mass is 9.92. The zero-order chi connectivity index (χ0) is 11.1. The van der Waals surface area contributed by atoms with E-state index in [9.17, 15) is 0 Å². The van der Waals surface area contributed by atoms with Gasteiger partial charge in [-0.05, 0) is 31.5 Å². The number of H-pyrrole nitrogens is 1. The maximum atomic E-state index is 6.20. The molecule has 1 aromatic heterocycles. The maximum Gasteiger partial charge on any atom is 0.0648 e. The molecule has 2 N–H and O–H groups in total. The number of aromatic amines is 1. The molecule has 3 heteroatoms. The summed E-state index contributed by atoms with van der Waals surface area (Å²) in [5, 5.41) is 5.48. The summed E-state index contributed by atoms with van der Waals surface area (Å²) in [6.45, 7) is 0. The molecule has 1 aliphatic carbocycles. The van der Waals surface area contributed by atoms with Gasteiger partial charge in [-0.3, -0.25) is 0 Å². The van der Waals surface area contributed by atoms with Crippen molar-refractivity contribution in [2.45, 2.75) is 25.3 Å². The Kier molecular flexibility index (Phi) is 2.41. The van der Waals surface area contributed by atoms with E-state index >= 15 is 0 Å². The molecule has 0 spiro atoms. The standard InChI is InChI=1S/C13H15ClN2/c1-15-8-5-6-9-10-3-2-4-11(14)13(10)16-12(9)7-8/h2-4,8,15-16H,5-7H2,1H3. The van der Waals surface area contributed by atoms with Crippen molar-refractivity contribution in [3.8, 4) is 0 Å². The first-order valence-corrected chi connectivity index (χ1v) is 6.12. The molecule has 0 saturated heterocycles. The number of rotatable bonds is 1. The van der Waals surface area contributed by atoms with Gasteiger partial charge in [0.15, 0.2) is 0 Å². The third-order valence-corrected chi connectivity index (χ3v) is 3.90. The minimum absolute atomic E-state index is 0.597. The van der Waals surface area contributed by atoms with Crippen LogP contribution in [0.4, 0.5) is 0 Å². The van der Waals surface area contributed by atoms with Crippen LogP contribution in [0.5, 0.6) is 0 Å². The number of fused-ring (bicyclic) bond motifs is 3. The van der Waals surface area contributed by atoms with E-state index in [4.69, 9.17) is 11.6 Å². The second-order valence-electron chi connectivity index (χ2n) is 4.47. The number of likely N-dealkylation sites (N-methyl/N-ethyl adjacent to an activating group) is 1. The molecule has 0 saturated carbocycles. The predicted molar refractivity (Wildman–Crippen MR) is 68.2 cm³/mol. The van der Waals surface area contributed by atoms with E-state index in [2.05, 4.69) is 16.4 Å². The lowest BCUT2D eigenvalue weighted by Gasteiger charge is -2.21. The third-order valence-electron chi connectivity index (χ3n) is 3.58. The van der Waals surface area contributed by atoms with Gasteiger partial charge in [0.05, 0.1) is 10.5 Å². The molecule has 3 rings (SSSR count). The summed E-state index contributed by atoms with van der Waals surface area (Å²) >= 11 is 6.20. The molecular formula is C13H15ClN2. The van der Waals surface area contributed by atoms with E-state index in [0.717, 1.165) is 23.4 Å². The van der Waals surface area contributed by atoms with Crippen LogP contribution in [0.1, 0.15) is 17.7 Å². The largest absolute Gasteiger partial charge is 0.357 e. The third kappa shape index (κ3) is 1.45. The Balaban J connectivity index is 2.16. The number of para-hydroxylation sites is 1. The maximum absolute atomic E-state index is 6.20. The Bertz CT molecular complexity index is 530. The van der Waals surface area contributed by atoms with Crippen molar-refractivity contribution in [1.82, 2.24) is 10.3 Å². The summed E-state index contributed by atoms with van der Waals surface area (Å²) in [6.07, 6.45) is 3.43. The zero-order valence-electron chi connectivity index (χ0n) is 9.31. The van der Waals surface area contributed by atoms with Crippen molar-refractivity contribution in [2.24, 2.45) is 0 Å². The van der Waals surface area contributed by atoms with Crippen LogP contribution in [0.3, 0.4) is 0 Å². The van der Waals surface area contributed by atoms with Gasteiger partial charge in [0.25, 0.3) is 0 Å². The van der Waals surface area contributed by atoms with E-state index < -0.39 is 0 Å². The van der Waals surface area contributed by atoms with Gasteiger partial charge in [-0.15, -0.1) is 0 Å². The van der Waals surface area contributed by atoms with Crippen LogP contribution in [0, 0.1) is 0 Å². The minimum atomic E-state index is 0.597. The SMILES string of the molecule is CNC1CCc2c([nH]c3c(Cl)cccc23)C1. The Morgan fingerprint density at radius 2 is 2.31 bits per heavy atom. The number of nitrogens with one attached hydrogen (secondary N) is 2. The van der Waals surface area contributed by atoms with Crippen LogP contribution in [0.2, 0.25) is 5.02 Å². The number of hydrogen-bond donors (Lipinski definition) is 2. The number of halogens is 1. The highest BCUT2D eigenvalue weighted by atomic mass is 35.5. The van der Waals surface area contributed by atoms with Crippen molar-refractivity contribution < 1.29 is 0 Å². The normalized spacial score (nSPS) is 20.0. The van der Waals surface area contributed by atoms with E-state index in [0.29, 0.717) is 6.04 Å². The summed E-state index contributed by atoms with van der Waals surface area (Å²) in [6, 6.07) is 6.74. The van der Waals surface area contributed by atoms with Crippen LogP contribution < -0.4 is 5.32 Å². The minimum Gasteiger partial charge on any atom is -0.357 e. The summed E-state index contributed by atoms with van der Waals surface area (Å²) in [4.78, 5) is 3.48. The second kappa shape index (κ2) is 3.79. The highest BCUT2D eigenvalue weighted by Gasteiger charge is 2.21. The molecule has 16 heavy (non-hydrogen) atoms. The van der Waals surface area contributed by atoms with Gasteiger partial charge >= 0.3 is 0 Å². The van der Waals surface area contributed by atoms with E-state index in [-0.39, 0.29) is 0 Å². The Morgan fingerprint density at radius 3 is 3.12 bits per heavy atom. The predicted octanol–water partition coefficient (Wildman–Crippen LogP) is 2.90. The average molecular weight is 235 g/mol. The molecule has 1 unspecified atom stereocenters. The van der Waals surface area contributed by atoms with Crippen molar-refractivity contribution in [3.63, 3.8) is 0 Å². The molecule has 1 aromatic carbocycles. The van der Waals surface area contributed by atoms with Crippen molar-refractivity contribution >= 4 is 22.5 Å². The molecule has 0 amide bonds. The molecule has 0 bridgehead atoms. The molecule has 1 heterocycles. The Hall–Kier alpha value is -0.990. The van der Waals surface area contributed by atoms with Gasteiger partial charge in [0.2, 0.25) is 0 Å². The summed E-state index contributed by atoms with van der Waals surface area (Å²) in [5.74, 6) is 0. The van der Waals surface area contributed by atoms with Gasteiger partial charge in [-0.2, -0.15) is 0 Å². The topological polar surface area (TPSA) is 27.8 Å². The summed E-state index contributed by atoms with van der Waals surface area (Å²) in [7, 11) is 2.03. The van der Waals surface area contributed by atoms with Gasteiger partial charge in [0.1, 0.15) is 0 Å². The number of aryl methyl sites for hydroxylation is 1. The van der Waals surface area contributed by atoms with Gasteiger partial charge in [-0.25, -0.2) is 0 Å². The van der Waals surface area contributed by atoms with E-state index in [1.165, 1.54) is 23.1 Å². The fourth-order valence-electron chi connectivity index (χ4n) is 2.66. The van der Waals surface area contributed by atoms with Crippen LogP contribution in [0.15, 0.2) is 18.2 Å². The highest BCUT2D eigenvalue weighted by molar-refractivity contribution is 6.35. The van der Waals surface area contributed by atoms with Gasteiger partial charge < -0.3 is 10.3 Å². The Labute approximate surface area is 100.0 Å². The fraction of sp³-hybridized carbons (Fsp3) is 0.385. The zero-order valence-corrected chi connectivity index (χ0v) is 10.1. The van der Waals surface area contributed by atoms with Gasteiger partial charge in [-0.1, -0.05) is 23.7 Å². The van der Waals surface area contributed by atoms with E-state index in [1.807, 2.05) is 19.2 Å². The molecule has 0 aliphatic heterocycles. The highest BCUT2D eigenvalue weighted by Crippen LogP contribution is 2.32. The smallest absolute Gasteiger partial charge is 0.0648 e. The van der Waals surface area contributed by atoms with Crippen molar-refractivity contribution in [2.75, 3.05) is 7.05 Å². The van der Waals surface area contributed by atoms with Crippen molar-refractivity contribution in [1.29, 1.82) is 0 Å². The average Bonchev–Trinajstić information content (AvgIpc) is 2.68. The summed E-state index contributed by atoms with van der Waals surface area (Å²) in [5.41, 5.74) is 3.92. The molecular weight excluding hydrogens is 220 g/mol. The fourth-order valence-corrected chi connectivity index (χ4v) is 2.89. The molecule has 2 aromatic rings. The number of hydrogen-bond acceptors (Lipinski definition) is 1. The van der Waals surface area contributed by atoms with Crippen LogP contribution in [-0.4, -0.2) is 18.1 Å². The lowest BCUT2D eigenvalue weighted by Crippen LogP contribution is -2.31. The summed E-state index contributed by atoms with van der Waals surface area (Å²) < 4.78 is 0. The van der Waals surface area contributed by atoms with Crippen LogP contribution >= 0.6 is 11.6 Å². The first-order valence-electron chi connectivity index (χ1n) is 5.75. The monoisotopic (exact) mass is 234 g/mol. The molecule has 0 fully saturated rings. The van der Waals surface area contributed by atoms with E-state index in [1.54, 1.807) is 0 Å². The lowest BCUT2D eigenvalue weighted by molar-refractivity contribution is 0.493.